The summed E-state index contributed by atoms with van der Waals surface area (Å²) in [5.41, 5.74) is 0.414. The van der Waals surface area contributed by atoms with E-state index in [0.29, 0.717) is 12.1 Å². The quantitative estimate of drug-likeness (QED) is 0.662. The predicted octanol–water partition coefficient (Wildman–Crippen LogP) is 2.76. The van der Waals surface area contributed by atoms with Gasteiger partial charge in [0.15, 0.2) is 16.7 Å². The maximum Gasteiger partial charge on any atom is 0.169 e. The fraction of sp³-hybridized carbons (Fsp3) is 0.562. The van der Waals surface area contributed by atoms with Crippen molar-refractivity contribution in [3.05, 3.63) is 35.4 Å². The van der Waals surface area contributed by atoms with Crippen molar-refractivity contribution in [3.63, 3.8) is 0 Å². The molecule has 3 nitrogen and oxygen atoms in total. The summed E-state index contributed by atoms with van der Waals surface area (Å²) in [6.07, 6.45) is 2.25. The van der Waals surface area contributed by atoms with Gasteiger partial charge in [0.2, 0.25) is 0 Å². The van der Waals surface area contributed by atoms with E-state index in [0.717, 1.165) is 56.7 Å². The van der Waals surface area contributed by atoms with E-state index in [1.165, 1.54) is 0 Å². The maximum atomic E-state index is 13.7. The van der Waals surface area contributed by atoms with Crippen LogP contribution in [0.5, 0.6) is 0 Å². The second-order valence-electron chi connectivity index (χ2n) is 5.56. The second-order valence-corrected chi connectivity index (χ2v) is 5.95. The third-order valence-electron chi connectivity index (χ3n) is 3.89. The van der Waals surface area contributed by atoms with Gasteiger partial charge in [0.25, 0.3) is 0 Å². The molecule has 6 heteroatoms. The molecule has 0 spiro atoms. The van der Waals surface area contributed by atoms with Crippen molar-refractivity contribution in [2.24, 2.45) is 0 Å². The van der Waals surface area contributed by atoms with Crippen LogP contribution in [-0.4, -0.2) is 47.6 Å². The first-order valence-electron chi connectivity index (χ1n) is 7.80. The van der Waals surface area contributed by atoms with E-state index in [2.05, 4.69) is 22.0 Å². The lowest BCUT2D eigenvalue weighted by Gasteiger charge is -2.36. The lowest BCUT2D eigenvalue weighted by Crippen LogP contribution is -2.51. The number of hydrogen-bond acceptors (Lipinski definition) is 2. The van der Waals surface area contributed by atoms with E-state index in [4.69, 9.17) is 12.2 Å². The molecule has 1 saturated heterocycles. The molecule has 0 bridgehead atoms. The lowest BCUT2D eigenvalue weighted by molar-refractivity contribution is 0.172. The van der Waals surface area contributed by atoms with Gasteiger partial charge in [-0.05, 0) is 24.7 Å². The minimum Gasteiger partial charge on any atom is -0.363 e. The van der Waals surface area contributed by atoms with Crippen molar-refractivity contribution in [2.45, 2.75) is 26.3 Å². The first-order valence-corrected chi connectivity index (χ1v) is 8.20. The standard InChI is InChI=1S/C16H23F2N3S/c1-2-3-7-19-16(22)21-10-8-20(9-11-21)12-13-5-4-6-14(17)15(13)18/h4-6H,2-3,7-12H2,1H3,(H,19,22). The van der Waals surface area contributed by atoms with Gasteiger partial charge in [0.1, 0.15) is 0 Å². The molecule has 1 heterocycles. The van der Waals surface area contributed by atoms with Crippen LogP contribution in [0.2, 0.25) is 0 Å². The topological polar surface area (TPSA) is 18.5 Å². The van der Waals surface area contributed by atoms with E-state index in [1.54, 1.807) is 12.1 Å². The molecule has 1 aliphatic heterocycles. The number of thiocarbonyl (C=S) groups is 1. The molecule has 1 aromatic rings. The molecular weight excluding hydrogens is 304 g/mol. The van der Waals surface area contributed by atoms with Crippen molar-refractivity contribution in [3.8, 4) is 0 Å². The molecule has 122 valence electrons. The molecule has 1 aromatic carbocycles. The highest BCUT2D eigenvalue weighted by Crippen LogP contribution is 2.15. The Labute approximate surface area is 136 Å². The van der Waals surface area contributed by atoms with Crippen LogP contribution in [0.1, 0.15) is 25.3 Å². The van der Waals surface area contributed by atoms with Crippen LogP contribution >= 0.6 is 12.2 Å². The summed E-state index contributed by atoms with van der Waals surface area (Å²) < 4.78 is 26.9. The zero-order valence-corrected chi connectivity index (χ0v) is 13.8. The van der Waals surface area contributed by atoms with Crippen LogP contribution in [0.4, 0.5) is 8.78 Å². The molecule has 0 amide bonds. The Balaban J connectivity index is 1.80. The minimum absolute atomic E-state index is 0.414. The Morgan fingerprint density at radius 3 is 2.64 bits per heavy atom. The first kappa shape index (κ1) is 17.1. The summed E-state index contributed by atoms with van der Waals surface area (Å²) in [5.74, 6) is -1.51. The number of benzene rings is 1. The van der Waals surface area contributed by atoms with Crippen molar-refractivity contribution in [2.75, 3.05) is 32.7 Å². The average molecular weight is 327 g/mol. The number of nitrogens with one attached hydrogen (secondary N) is 1. The molecule has 1 aliphatic rings. The maximum absolute atomic E-state index is 13.7. The van der Waals surface area contributed by atoms with Crippen molar-refractivity contribution >= 4 is 17.3 Å². The summed E-state index contributed by atoms with van der Waals surface area (Å²) in [4.78, 5) is 4.27. The summed E-state index contributed by atoms with van der Waals surface area (Å²) in [5, 5.41) is 4.06. The molecule has 1 fully saturated rings. The van der Waals surface area contributed by atoms with Gasteiger partial charge in [-0.25, -0.2) is 8.78 Å². The minimum atomic E-state index is -0.780. The van der Waals surface area contributed by atoms with Gasteiger partial charge in [-0.2, -0.15) is 0 Å². The summed E-state index contributed by atoms with van der Waals surface area (Å²) >= 11 is 5.38. The number of unbranched alkanes of at least 4 members (excludes halogenated alkanes) is 1. The highest BCUT2D eigenvalue weighted by Gasteiger charge is 2.20. The molecule has 0 atom stereocenters. The Bertz CT molecular complexity index is 502. The Kier molecular flexibility index (Phi) is 6.51. The largest absolute Gasteiger partial charge is 0.363 e. The lowest BCUT2D eigenvalue weighted by atomic mass is 10.2. The van der Waals surface area contributed by atoms with Crippen LogP contribution in [0, 0.1) is 11.6 Å². The van der Waals surface area contributed by atoms with Crippen LogP contribution in [0.15, 0.2) is 18.2 Å². The SMILES string of the molecule is CCCCNC(=S)N1CCN(Cc2cccc(F)c2F)CC1. The van der Waals surface area contributed by atoms with E-state index in [1.807, 2.05) is 0 Å². The third-order valence-corrected chi connectivity index (χ3v) is 4.29. The van der Waals surface area contributed by atoms with Gasteiger partial charge in [0.05, 0.1) is 0 Å². The van der Waals surface area contributed by atoms with Crippen LogP contribution in [-0.2, 0) is 6.54 Å². The third kappa shape index (κ3) is 4.61. The average Bonchev–Trinajstić information content (AvgIpc) is 2.53. The van der Waals surface area contributed by atoms with Crippen LogP contribution in [0.25, 0.3) is 0 Å². The Morgan fingerprint density at radius 1 is 1.23 bits per heavy atom. The zero-order valence-electron chi connectivity index (χ0n) is 12.9. The second kappa shape index (κ2) is 8.39. The van der Waals surface area contributed by atoms with Crippen molar-refractivity contribution in [1.82, 2.24) is 15.1 Å². The number of halogens is 2. The molecule has 0 aliphatic carbocycles. The molecule has 0 radical (unpaired) electrons. The highest BCUT2D eigenvalue weighted by molar-refractivity contribution is 7.80. The first-order chi connectivity index (χ1) is 10.6. The van der Waals surface area contributed by atoms with Gasteiger partial charge in [0, 0.05) is 44.8 Å². The number of rotatable bonds is 5. The highest BCUT2D eigenvalue weighted by atomic mass is 32.1. The monoisotopic (exact) mass is 327 g/mol. The summed E-state index contributed by atoms with van der Waals surface area (Å²) in [6, 6.07) is 4.34. The molecule has 1 N–H and O–H groups in total. The van der Waals surface area contributed by atoms with E-state index < -0.39 is 11.6 Å². The van der Waals surface area contributed by atoms with Gasteiger partial charge < -0.3 is 10.2 Å². The van der Waals surface area contributed by atoms with Crippen LogP contribution < -0.4 is 5.32 Å². The summed E-state index contributed by atoms with van der Waals surface area (Å²) in [6.45, 7) is 6.72. The Hall–Kier alpha value is -1.27. The van der Waals surface area contributed by atoms with Gasteiger partial charge in [-0.3, -0.25) is 4.90 Å². The molecule has 0 aromatic heterocycles. The smallest absolute Gasteiger partial charge is 0.169 e. The van der Waals surface area contributed by atoms with Crippen LogP contribution in [0.3, 0.4) is 0 Å². The van der Waals surface area contributed by atoms with E-state index in [-0.39, 0.29) is 0 Å². The predicted molar refractivity (Wildman–Crippen MR) is 88.7 cm³/mol. The van der Waals surface area contributed by atoms with Gasteiger partial charge >= 0.3 is 0 Å². The van der Waals surface area contributed by atoms with E-state index >= 15 is 0 Å². The fourth-order valence-corrected chi connectivity index (χ4v) is 2.79. The van der Waals surface area contributed by atoms with E-state index in [9.17, 15) is 8.78 Å². The van der Waals surface area contributed by atoms with Gasteiger partial charge in [-0.1, -0.05) is 25.5 Å². The molecule has 2 rings (SSSR count). The molecular formula is C16H23F2N3S. The zero-order chi connectivity index (χ0) is 15.9. The number of nitrogens with zero attached hydrogens (tertiary/aromatic N) is 2. The van der Waals surface area contributed by atoms with Gasteiger partial charge in [-0.15, -0.1) is 0 Å². The van der Waals surface area contributed by atoms with Crippen molar-refractivity contribution in [1.29, 1.82) is 0 Å². The molecule has 22 heavy (non-hydrogen) atoms. The Morgan fingerprint density at radius 2 is 1.95 bits per heavy atom. The number of piperazine rings is 1. The molecule has 0 unspecified atom stereocenters. The number of hydrogen-bond donors (Lipinski definition) is 1. The summed E-state index contributed by atoms with van der Waals surface area (Å²) in [7, 11) is 0. The van der Waals surface area contributed by atoms with Crippen molar-refractivity contribution < 1.29 is 8.78 Å². The fourth-order valence-electron chi connectivity index (χ4n) is 2.50. The molecule has 0 saturated carbocycles. The normalized spacial score (nSPS) is 15.9.